The van der Waals surface area contributed by atoms with E-state index in [4.69, 9.17) is 10.5 Å². The number of benzene rings is 1. The number of ether oxygens (including phenoxy) is 1. The Kier molecular flexibility index (Phi) is 4.98. The molecule has 112 valence electrons. The smallest absolute Gasteiger partial charge is 0.249 e. The fourth-order valence-corrected chi connectivity index (χ4v) is 3.16. The van der Waals surface area contributed by atoms with E-state index in [1.807, 2.05) is 24.3 Å². The van der Waals surface area contributed by atoms with Crippen LogP contribution in [0.5, 0.6) is 5.75 Å². The third kappa shape index (κ3) is 3.62. The summed E-state index contributed by atoms with van der Waals surface area (Å²) in [6.07, 6.45) is 0. The lowest BCUT2D eigenvalue weighted by atomic mass is 10.1. The van der Waals surface area contributed by atoms with Gasteiger partial charge in [0.1, 0.15) is 5.75 Å². The number of primary amides is 1. The molecule has 5 heteroatoms. The molecule has 0 radical (unpaired) electrons. The molecule has 2 aromatic rings. The Balaban J connectivity index is 2.11. The summed E-state index contributed by atoms with van der Waals surface area (Å²) in [5, 5.41) is 1.80. The van der Waals surface area contributed by atoms with Crippen molar-refractivity contribution in [2.24, 2.45) is 5.73 Å². The predicted octanol–water partition coefficient (Wildman–Crippen LogP) is 3.05. The molecule has 0 unspecified atom stereocenters. The van der Waals surface area contributed by atoms with E-state index in [0.717, 1.165) is 22.7 Å². The highest BCUT2D eigenvalue weighted by atomic mass is 32.1. The van der Waals surface area contributed by atoms with Crippen LogP contribution in [0.2, 0.25) is 0 Å². The molecule has 1 atom stereocenters. The van der Waals surface area contributed by atoms with Crippen LogP contribution in [-0.4, -0.2) is 25.0 Å². The Morgan fingerprint density at radius 2 is 2.14 bits per heavy atom. The van der Waals surface area contributed by atoms with Gasteiger partial charge in [-0.25, -0.2) is 0 Å². The quantitative estimate of drug-likeness (QED) is 0.892. The zero-order valence-corrected chi connectivity index (χ0v) is 13.3. The van der Waals surface area contributed by atoms with Gasteiger partial charge in [0.25, 0.3) is 0 Å². The fourth-order valence-electron chi connectivity index (χ4n) is 2.22. The standard InChI is InChI=1S/C16H20N2O2S/c1-11(14-6-4-5-7-15(14)20-3)18(2)9-13-8-12(10-21-13)16(17)19/h4-8,10-11H,9H2,1-3H3,(H2,17,19)/t11-/m0/s1. The predicted molar refractivity (Wildman–Crippen MR) is 85.7 cm³/mol. The zero-order chi connectivity index (χ0) is 15.4. The third-order valence-corrected chi connectivity index (χ3v) is 4.52. The van der Waals surface area contributed by atoms with Crippen LogP contribution < -0.4 is 10.5 Å². The van der Waals surface area contributed by atoms with Gasteiger partial charge in [0.2, 0.25) is 5.91 Å². The third-order valence-electron chi connectivity index (χ3n) is 3.59. The molecule has 0 saturated heterocycles. The summed E-state index contributed by atoms with van der Waals surface area (Å²) < 4.78 is 5.42. The molecule has 1 aromatic carbocycles. The summed E-state index contributed by atoms with van der Waals surface area (Å²) in [5.74, 6) is 0.513. The molecule has 0 fully saturated rings. The van der Waals surface area contributed by atoms with Crippen molar-refractivity contribution in [3.63, 3.8) is 0 Å². The van der Waals surface area contributed by atoms with Gasteiger partial charge in [-0.05, 0) is 26.1 Å². The molecule has 0 saturated carbocycles. The van der Waals surface area contributed by atoms with Crippen molar-refractivity contribution < 1.29 is 9.53 Å². The highest BCUT2D eigenvalue weighted by molar-refractivity contribution is 7.10. The van der Waals surface area contributed by atoms with Gasteiger partial charge in [-0.3, -0.25) is 9.69 Å². The van der Waals surface area contributed by atoms with Gasteiger partial charge in [-0.1, -0.05) is 18.2 Å². The number of methoxy groups -OCH3 is 1. The van der Waals surface area contributed by atoms with Gasteiger partial charge in [-0.15, -0.1) is 11.3 Å². The van der Waals surface area contributed by atoms with Crippen LogP contribution in [0.1, 0.15) is 33.8 Å². The molecular weight excluding hydrogens is 284 g/mol. The van der Waals surface area contributed by atoms with Crippen LogP contribution in [0.25, 0.3) is 0 Å². The highest BCUT2D eigenvalue weighted by Gasteiger charge is 2.16. The molecule has 1 aromatic heterocycles. The molecule has 4 nitrogen and oxygen atoms in total. The van der Waals surface area contributed by atoms with E-state index in [0.29, 0.717) is 5.56 Å². The van der Waals surface area contributed by atoms with E-state index < -0.39 is 0 Å². The molecule has 0 spiro atoms. The van der Waals surface area contributed by atoms with Crippen molar-refractivity contribution in [2.45, 2.75) is 19.5 Å². The van der Waals surface area contributed by atoms with E-state index in [-0.39, 0.29) is 11.9 Å². The van der Waals surface area contributed by atoms with Crippen molar-refractivity contribution in [1.82, 2.24) is 4.90 Å². The van der Waals surface area contributed by atoms with E-state index in [9.17, 15) is 4.79 Å². The average molecular weight is 304 g/mol. The molecule has 0 aliphatic carbocycles. The maximum absolute atomic E-state index is 11.1. The topological polar surface area (TPSA) is 55.6 Å². The number of hydrogen-bond donors (Lipinski definition) is 1. The SMILES string of the molecule is COc1ccccc1[C@H](C)N(C)Cc1cc(C(N)=O)cs1. The molecule has 0 bridgehead atoms. The molecular formula is C16H20N2O2S. The molecule has 21 heavy (non-hydrogen) atoms. The van der Waals surface area contributed by atoms with Crippen molar-refractivity contribution in [1.29, 1.82) is 0 Å². The summed E-state index contributed by atoms with van der Waals surface area (Å²) in [6.45, 7) is 2.90. The van der Waals surface area contributed by atoms with Gasteiger partial charge in [0.15, 0.2) is 0 Å². The van der Waals surface area contributed by atoms with Crippen LogP contribution in [-0.2, 0) is 6.54 Å². The number of nitrogens with two attached hydrogens (primary N) is 1. The van der Waals surface area contributed by atoms with Gasteiger partial charge in [-0.2, -0.15) is 0 Å². The summed E-state index contributed by atoms with van der Waals surface area (Å²) in [7, 11) is 3.74. The van der Waals surface area contributed by atoms with Crippen LogP contribution in [0.3, 0.4) is 0 Å². The minimum absolute atomic E-state index is 0.209. The maximum atomic E-state index is 11.1. The number of para-hydroxylation sites is 1. The number of nitrogens with zero attached hydrogens (tertiary/aromatic N) is 1. The minimum atomic E-state index is -0.377. The zero-order valence-electron chi connectivity index (χ0n) is 12.5. The Morgan fingerprint density at radius 3 is 2.76 bits per heavy atom. The lowest BCUT2D eigenvalue weighted by Gasteiger charge is -2.25. The van der Waals surface area contributed by atoms with E-state index in [1.165, 1.54) is 0 Å². The first-order valence-corrected chi connectivity index (χ1v) is 7.61. The first-order chi connectivity index (χ1) is 10.0. The lowest BCUT2D eigenvalue weighted by Crippen LogP contribution is -2.22. The Bertz CT molecular complexity index is 624. The van der Waals surface area contributed by atoms with E-state index >= 15 is 0 Å². The van der Waals surface area contributed by atoms with Crippen LogP contribution in [0.15, 0.2) is 35.7 Å². The molecule has 2 N–H and O–H groups in total. The Morgan fingerprint density at radius 1 is 1.43 bits per heavy atom. The molecule has 0 aliphatic heterocycles. The van der Waals surface area contributed by atoms with Crippen molar-refractivity contribution >= 4 is 17.2 Å². The first-order valence-electron chi connectivity index (χ1n) is 6.73. The Hall–Kier alpha value is -1.85. The van der Waals surface area contributed by atoms with Gasteiger partial charge in [0, 0.05) is 28.4 Å². The first kappa shape index (κ1) is 15.5. The second-order valence-electron chi connectivity index (χ2n) is 5.00. The van der Waals surface area contributed by atoms with Crippen molar-refractivity contribution in [3.05, 3.63) is 51.7 Å². The van der Waals surface area contributed by atoms with Crippen LogP contribution in [0.4, 0.5) is 0 Å². The molecule has 0 aliphatic rings. The molecule has 2 rings (SSSR count). The van der Waals surface area contributed by atoms with Gasteiger partial charge < -0.3 is 10.5 Å². The lowest BCUT2D eigenvalue weighted by molar-refractivity contribution is 0.100. The van der Waals surface area contributed by atoms with Crippen molar-refractivity contribution in [2.75, 3.05) is 14.2 Å². The van der Waals surface area contributed by atoms with Gasteiger partial charge in [0.05, 0.1) is 12.7 Å². The second kappa shape index (κ2) is 6.74. The number of thiophene rings is 1. The second-order valence-corrected chi connectivity index (χ2v) is 5.99. The summed E-state index contributed by atoms with van der Waals surface area (Å²) in [5.41, 5.74) is 7.01. The van der Waals surface area contributed by atoms with Gasteiger partial charge >= 0.3 is 0 Å². The number of hydrogen-bond acceptors (Lipinski definition) is 4. The largest absolute Gasteiger partial charge is 0.496 e. The summed E-state index contributed by atoms with van der Waals surface area (Å²) in [4.78, 5) is 14.5. The van der Waals surface area contributed by atoms with Crippen LogP contribution in [0, 0.1) is 0 Å². The van der Waals surface area contributed by atoms with Crippen LogP contribution >= 0.6 is 11.3 Å². The van der Waals surface area contributed by atoms with Crippen molar-refractivity contribution in [3.8, 4) is 5.75 Å². The highest BCUT2D eigenvalue weighted by Crippen LogP contribution is 2.29. The van der Waals surface area contributed by atoms with E-state index in [2.05, 4.69) is 24.9 Å². The fraction of sp³-hybridized carbons (Fsp3) is 0.312. The normalized spacial score (nSPS) is 12.4. The molecule has 1 heterocycles. The number of rotatable bonds is 6. The Labute approximate surface area is 129 Å². The summed E-state index contributed by atoms with van der Waals surface area (Å²) in [6, 6.07) is 10.1. The minimum Gasteiger partial charge on any atom is -0.496 e. The van der Waals surface area contributed by atoms with E-state index in [1.54, 1.807) is 23.8 Å². The molecule has 1 amide bonds. The average Bonchev–Trinajstić information content (AvgIpc) is 2.95. The number of carbonyl (C=O) groups is 1. The monoisotopic (exact) mass is 304 g/mol. The summed E-state index contributed by atoms with van der Waals surface area (Å²) >= 11 is 1.56. The number of amides is 1. The number of carbonyl (C=O) groups excluding carboxylic acids is 1. The maximum Gasteiger partial charge on any atom is 0.249 e.